The molecule has 2 unspecified atom stereocenters. The van der Waals surface area contributed by atoms with Crippen molar-refractivity contribution >= 4 is 19.8 Å². The summed E-state index contributed by atoms with van der Waals surface area (Å²) in [6, 6.07) is 0. The van der Waals surface area contributed by atoms with E-state index in [1.54, 1.807) is 0 Å². The number of likely N-dealkylation sites (N-methyl/N-ethyl adjacent to an activating group) is 1. The lowest BCUT2D eigenvalue weighted by atomic mass is 10.0. The molecule has 0 aromatic carbocycles. The molecule has 0 aliphatic carbocycles. The first kappa shape index (κ1) is 92.4. The van der Waals surface area contributed by atoms with Crippen LogP contribution in [0.2, 0.25) is 0 Å². The number of phosphoric acid groups is 1. The maximum absolute atomic E-state index is 12.9. The number of esters is 2. The van der Waals surface area contributed by atoms with Crippen LogP contribution < -0.4 is 0 Å². The van der Waals surface area contributed by atoms with Gasteiger partial charge in [0.25, 0.3) is 0 Å². The summed E-state index contributed by atoms with van der Waals surface area (Å²) in [5.74, 6) is -0.807. The van der Waals surface area contributed by atoms with E-state index in [4.69, 9.17) is 18.5 Å². The molecule has 0 radical (unpaired) electrons. The number of phosphoric ester groups is 1. The second kappa shape index (κ2) is 75.6. The Kier molecular flexibility index (Phi) is 72.8. The summed E-state index contributed by atoms with van der Waals surface area (Å²) in [5.41, 5.74) is 0. The molecule has 0 aliphatic heterocycles. The molecule has 2 atom stereocenters. The van der Waals surface area contributed by atoms with Crippen LogP contribution in [0.5, 0.6) is 0 Å². The van der Waals surface area contributed by atoms with Gasteiger partial charge in [0.1, 0.15) is 19.8 Å². The summed E-state index contributed by atoms with van der Waals surface area (Å²) in [7, 11) is 1.46. The number of ether oxygens (including phenoxy) is 2. The van der Waals surface area contributed by atoms with E-state index in [1.165, 1.54) is 212 Å². The minimum Gasteiger partial charge on any atom is -0.462 e. The Morgan fingerprint density at radius 2 is 0.594 bits per heavy atom. The molecule has 0 bridgehead atoms. The second-order valence-electron chi connectivity index (χ2n) is 28.1. The maximum atomic E-state index is 12.9. The highest BCUT2D eigenvalue weighted by Gasteiger charge is 2.27. The normalized spacial score (nSPS) is 13.7. The number of unbranched alkanes of at least 4 members (excludes halogenated alkanes) is 40. The molecule has 0 saturated carbocycles. The van der Waals surface area contributed by atoms with Crippen molar-refractivity contribution in [3.8, 4) is 0 Å². The first-order chi connectivity index (χ1) is 47.0. The molecule has 0 amide bonds. The molecule has 0 rings (SSSR count). The summed E-state index contributed by atoms with van der Waals surface area (Å²) < 4.78 is 34.8. The average molecular weight is 1360 g/mol. The van der Waals surface area contributed by atoms with Crippen LogP contribution in [-0.4, -0.2) is 74.9 Å². The van der Waals surface area contributed by atoms with Crippen molar-refractivity contribution in [3.63, 3.8) is 0 Å². The van der Waals surface area contributed by atoms with Crippen LogP contribution in [0, 0.1) is 0 Å². The molecule has 0 heterocycles. The molecule has 1 N–H and O–H groups in total. The van der Waals surface area contributed by atoms with Crippen LogP contribution >= 0.6 is 7.82 Å². The molecule has 0 fully saturated rings. The summed E-state index contributed by atoms with van der Waals surface area (Å²) in [6.45, 7) is 4.32. The highest BCUT2D eigenvalue weighted by atomic mass is 31.2. The molecule has 554 valence electrons. The van der Waals surface area contributed by atoms with Gasteiger partial charge in [-0.15, -0.1) is 0 Å². The first-order valence-corrected chi connectivity index (χ1v) is 41.8. The molecule has 96 heavy (non-hydrogen) atoms. The lowest BCUT2D eigenvalue weighted by Crippen LogP contribution is -2.37. The van der Waals surface area contributed by atoms with Crippen LogP contribution in [-0.2, 0) is 32.7 Å². The Morgan fingerprint density at radius 3 is 0.885 bits per heavy atom. The fraction of sp³-hybridized carbons (Fsp3) is 0.744. The monoisotopic (exact) mass is 1360 g/mol. The second-order valence-corrected chi connectivity index (χ2v) is 29.5. The van der Waals surface area contributed by atoms with Crippen molar-refractivity contribution in [1.29, 1.82) is 0 Å². The first-order valence-electron chi connectivity index (χ1n) is 40.3. The van der Waals surface area contributed by atoms with Gasteiger partial charge in [-0.05, 0) is 109 Å². The lowest BCUT2D eigenvalue weighted by molar-refractivity contribution is -0.870. The van der Waals surface area contributed by atoms with Crippen molar-refractivity contribution in [2.24, 2.45) is 0 Å². The fourth-order valence-electron chi connectivity index (χ4n) is 11.4. The van der Waals surface area contributed by atoms with Crippen LogP contribution in [0.3, 0.4) is 0 Å². The molecular formula is C86H153NO8P+. The predicted molar refractivity (Wildman–Crippen MR) is 418 cm³/mol. The van der Waals surface area contributed by atoms with Crippen molar-refractivity contribution in [2.45, 2.75) is 367 Å². The van der Waals surface area contributed by atoms with Gasteiger partial charge in [0.05, 0.1) is 27.7 Å². The largest absolute Gasteiger partial charge is 0.472 e. The van der Waals surface area contributed by atoms with E-state index in [1.807, 2.05) is 21.1 Å². The van der Waals surface area contributed by atoms with E-state index < -0.39 is 26.5 Å². The molecule has 0 spiro atoms. The van der Waals surface area contributed by atoms with Gasteiger partial charge in [-0.3, -0.25) is 18.6 Å². The van der Waals surface area contributed by atoms with Crippen molar-refractivity contribution in [3.05, 3.63) is 122 Å². The smallest absolute Gasteiger partial charge is 0.462 e. The zero-order valence-electron chi connectivity index (χ0n) is 63.3. The summed E-state index contributed by atoms with van der Waals surface area (Å²) in [4.78, 5) is 36.0. The van der Waals surface area contributed by atoms with E-state index in [-0.39, 0.29) is 32.0 Å². The van der Waals surface area contributed by atoms with Gasteiger partial charge in [0.2, 0.25) is 0 Å². The minimum absolute atomic E-state index is 0.0244. The summed E-state index contributed by atoms with van der Waals surface area (Å²) >= 11 is 0. The topological polar surface area (TPSA) is 108 Å². The standard InChI is InChI=1S/C86H152NO8P/c1-6-8-10-12-14-16-18-20-22-24-26-28-30-32-34-36-38-39-40-41-42-43-44-45-46-47-49-50-52-54-56-58-60-62-64-66-68-70-72-74-76-78-85(88)92-82-84(83-94-96(90,91)93-81-80-87(3,4)5)95-86(89)79-77-75-73-71-69-67-65-63-61-59-57-55-53-51-48-37-35-33-31-29-27-25-23-21-19-17-15-13-11-9-7-2/h9,11,15,17-18,20-21,23-24,26-27,29,33,35,48,51,55,57,61,63,84H,6-8,10,12-14,16,19,22,25,28,30-32,34,36-47,49-50,52-54,56,58-60,62,64-83H2,1-5H3/p+1/b11-9-,17-15-,20-18-,23-21-,26-24-,29-27-,35-33-,51-48-,57-55-,63-61-. The number of quaternary nitrogens is 1. The predicted octanol–water partition coefficient (Wildman–Crippen LogP) is 26.9. The Bertz CT molecular complexity index is 2040. The highest BCUT2D eigenvalue weighted by molar-refractivity contribution is 7.47. The van der Waals surface area contributed by atoms with Crippen LogP contribution in [0.25, 0.3) is 0 Å². The third-order valence-electron chi connectivity index (χ3n) is 17.5. The third kappa shape index (κ3) is 79.4. The number of carbonyl (C=O) groups is 2. The van der Waals surface area contributed by atoms with Crippen LogP contribution in [0.15, 0.2) is 122 Å². The van der Waals surface area contributed by atoms with E-state index in [9.17, 15) is 19.0 Å². The van der Waals surface area contributed by atoms with Gasteiger partial charge in [-0.25, -0.2) is 4.57 Å². The zero-order valence-corrected chi connectivity index (χ0v) is 64.2. The third-order valence-corrected chi connectivity index (χ3v) is 18.5. The van der Waals surface area contributed by atoms with Crippen LogP contribution in [0.4, 0.5) is 0 Å². The molecule has 9 nitrogen and oxygen atoms in total. The average Bonchev–Trinajstić information content (AvgIpc) is 1.97. The Balaban J connectivity index is 3.96. The van der Waals surface area contributed by atoms with Gasteiger partial charge in [-0.1, -0.05) is 360 Å². The van der Waals surface area contributed by atoms with Gasteiger partial charge < -0.3 is 18.9 Å². The number of hydrogen-bond donors (Lipinski definition) is 1. The lowest BCUT2D eigenvalue weighted by Gasteiger charge is -2.24. The van der Waals surface area contributed by atoms with Gasteiger partial charge >= 0.3 is 19.8 Å². The SMILES string of the molecule is CC/C=C\C/C=C\C/C=C\C/C=C\C/C=C\C/C=C\C/C=C\C/C=C\CCCCCCCCC(=O)OC(COC(=O)CCCCCCCCCCCCCCCCCCCCCCCCCCCCCCC/C=C\C/C=C\CCCCCCC)COP(=O)(O)OCC[N+](C)(C)C. The van der Waals surface area contributed by atoms with Crippen molar-refractivity contribution in [2.75, 3.05) is 47.5 Å². The number of allylic oxidation sites excluding steroid dienone is 20. The molecular weight excluding hydrogens is 1210 g/mol. The van der Waals surface area contributed by atoms with Crippen molar-refractivity contribution < 1.29 is 42.1 Å². The number of hydrogen-bond acceptors (Lipinski definition) is 7. The summed E-state index contributed by atoms with van der Waals surface area (Å²) in [5, 5.41) is 0. The van der Waals surface area contributed by atoms with Gasteiger partial charge in [-0.2, -0.15) is 0 Å². The molecule has 0 saturated heterocycles. The molecule has 0 aromatic rings. The van der Waals surface area contributed by atoms with Gasteiger partial charge in [0, 0.05) is 12.8 Å². The number of nitrogens with zero attached hydrogens (tertiary/aromatic N) is 1. The molecule has 0 aliphatic rings. The van der Waals surface area contributed by atoms with E-state index in [2.05, 4.69) is 135 Å². The Labute approximate surface area is 594 Å². The highest BCUT2D eigenvalue weighted by Crippen LogP contribution is 2.43. The Morgan fingerprint density at radius 1 is 0.333 bits per heavy atom. The van der Waals surface area contributed by atoms with E-state index in [0.717, 1.165) is 116 Å². The van der Waals surface area contributed by atoms with E-state index >= 15 is 0 Å². The maximum Gasteiger partial charge on any atom is 0.472 e. The number of rotatable bonds is 74. The van der Waals surface area contributed by atoms with Crippen LogP contribution in [0.1, 0.15) is 361 Å². The molecule has 0 aromatic heterocycles. The van der Waals surface area contributed by atoms with E-state index in [0.29, 0.717) is 17.4 Å². The minimum atomic E-state index is -4.41. The Hall–Kier alpha value is -3.59. The zero-order chi connectivity index (χ0) is 69.7. The fourth-order valence-corrected chi connectivity index (χ4v) is 12.1. The van der Waals surface area contributed by atoms with Gasteiger partial charge in [0.15, 0.2) is 6.10 Å². The molecule has 10 heteroatoms. The quantitative estimate of drug-likeness (QED) is 0.0211. The summed E-state index contributed by atoms with van der Waals surface area (Å²) in [6.07, 6.45) is 109. The van der Waals surface area contributed by atoms with Crippen molar-refractivity contribution in [1.82, 2.24) is 0 Å². The number of carbonyl (C=O) groups excluding carboxylic acids is 2.